The van der Waals surface area contributed by atoms with Crippen LogP contribution in [0.15, 0.2) is 12.1 Å². The first-order valence-corrected chi connectivity index (χ1v) is 6.12. The first-order valence-electron chi connectivity index (χ1n) is 5.36. The minimum atomic E-state index is -0.944. The van der Waals surface area contributed by atoms with Crippen LogP contribution in [-0.4, -0.2) is 22.2 Å². The van der Waals surface area contributed by atoms with Crippen molar-refractivity contribution in [1.29, 1.82) is 0 Å². The highest BCUT2D eigenvalue weighted by Gasteiger charge is 2.21. The second kappa shape index (κ2) is 5.73. The standard InChI is InChI=1S/C11H14Cl2N2O3/c1-3-11(2,16)6-14-9-4-7(12)8(13)5-10(9)15(17)18/h4-5,14,16H,3,6H2,1-2H3. The summed E-state index contributed by atoms with van der Waals surface area (Å²) >= 11 is 11.6. The Kier molecular flexibility index (Phi) is 4.78. The third-order valence-corrected chi connectivity index (χ3v) is 3.38. The minimum Gasteiger partial charge on any atom is -0.388 e. The van der Waals surface area contributed by atoms with Gasteiger partial charge in [-0.05, 0) is 19.4 Å². The molecule has 0 saturated carbocycles. The van der Waals surface area contributed by atoms with E-state index < -0.39 is 10.5 Å². The maximum Gasteiger partial charge on any atom is 0.293 e. The largest absolute Gasteiger partial charge is 0.388 e. The third kappa shape index (κ3) is 3.73. The number of nitrogens with zero attached hydrogens (tertiary/aromatic N) is 1. The Balaban J connectivity index is 3.01. The molecular weight excluding hydrogens is 279 g/mol. The van der Waals surface area contributed by atoms with Gasteiger partial charge in [0.2, 0.25) is 0 Å². The molecule has 18 heavy (non-hydrogen) atoms. The Bertz CT molecular complexity index is 464. The molecule has 1 atom stereocenters. The highest BCUT2D eigenvalue weighted by Crippen LogP contribution is 2.34. The third-order valence-electron chi connectivity index (χ3n) is 2.66. The Labute approximate surface area is 115 Å². The van der Waals surface area contributed by atoms with Crippen LogP contribution in [0.25, 0.3) is 0 Å². The number of nitrogens with one attached hydrogen (secondary N) is 1. The van der Waals surface area contributed by atoms with E-state index in [1.165, 1.54) is 12.1 Å². The van der Waals surface area contributed by atoms with Crippen LogP contribution >= 0.6 is 23.2 Å². The van der Waals surface area contributed by atoms with Crippen molar-refractivity contribution in [2.24, 2.45) is 0 Å². The zero-order valence-corrected chi connectivity index (χ0v) is 11.5. The molecule has 1 aromatic rings. The van der Waals surface area contributed by atoms with Crippen molar-refractivity contribution in [3.05, 3.63) is 32.3 Å². The van der Waals surface area contributed by atoms with Crippen LogP contribution in [0.5, 0.6) is 0 Å². The summed E-state index contributed by atoms with van der Waals surface area (Å²) < 4.78 is 0. The van der Waals surface area contributed by atoms with E-state index in [0.29, 0.717) is 6.42 Å². The lowest BCUT2D eigenvalue weighted by Gasteiger charge is -2.22. The molecule has 100 valence electrons. The molecular formula is C11H14Cl2N2O3. The maximum absolute atomic E-state index is 10.9. The number of hydrogen-bond donors (Lipinski definition) is 2. The molecule has 0 saturated heterocycles. The zero-order chi connectivity index (χ0) is 13.9. The predicted molar refractivity (Wildman–Crippen MR) is 72.5 cm³/mol. The van der Waals surface area contributed by atoms with Crippen molar-refractivity contribution in [3.8, 4) is 0 Å². The van der Waals surface area contributed by atoms with Gasteiger partial charge < -0.3 is 10.4 Å². The fourth-order valence-corrected chi connectivity index (χ4v) is 1.56. The van der Waals surface area contributed by atoms with Crippen LogP contribution < -0.4 is 5.32 Å². The summed E-state index contributed by atoms with van der Waals surface area (Å²) in [7, 11) is 0. The average Bonchev–Trinajstić information content (AvgIpc) is 2.30. The smallest absolute Gasteiger partial charge is 0.293 e. The van der Waals surface area contributed by atoms with E-state index in [0.717, 1.165) is 0 Å². The zero-order valence-electron chi connectivity index (χ0n) is 10.0. The lowest BCUT2D eigenvalue weighted by molar-refractivity contribution is -0.383. The highest BCUT2D eigenvalue weighted by atomic mass is 35.5. The fourth-order valence-electron chi connectivity index (χ4n) is 1.24. The lowest BCUT2D eigenvalue weighted by Crippen LogP contribution is -2.32. The number of anilines is 1. The van der Waals surface area contributed by atoms with Gasteiger partial charge in [0.05, 0.1) is 20.6 Å². The van der Waals surface area contributed by atoms with Crippen LogP contribution in [0, 0.1) is 10.1 Å². The van der Waals surface area contributed by atoms with Crippen LogP contribution in [0.4, 0.5) is 11.4 Å². The molecule has 0 heterocycles. The number of nitro groups is 1. The summed E-state index contributed by atoms with van der Waals surface area (Å²) in [6.45, 7) is 3.65. The Morgan fingerprint density at radius 3 is 2.50 bits per heavy atom. The SMILES string of the molecule is CCC(C)(O)CNc1cc(Cl)c(Cl)cc1[N+](=O)[O-]. The monoisotopic (exact) mass is 292 g/mol. The van der Waals surface area contributed by atoms with Gasteiger partial charge in [-0.1, -0.05) is 30.1 Å². The maximum atomic E-state index is 10.9. The fraction of sp³-hybridized carbons (Fsp3) is 0.455. The van der Waals surface area contributed by atoms with Crippen molar-refractivity contribution in [1.82, 2.24) is 0 Å². The summed E-state index contributed by atoms with van der Waals surface area (Å²) in [4.78, 5) is 10.3. The van der Waals surface area contributed by atoms with Gasteiger partial charge in [-0.15, -0.1) is 0 Å². The Hall–Kier alpha value is -1.04. The Morgan fingerprint density at radius 1 is 1.44 bits per heavy atom. The van der Waals surface area contributed by atoms with E-state index in [1.807, 2.05) is 6.92 Å². The molecule has 0 aliphatic carbocycles. The number of hydrogen-bond acceptors (Lipinski definition) is 4. The molecule has 1 aromatic carbocycles. The second-order valence-electron chi connectivity index (χ2n) is 4.24. The van der Waals surface area contributed by atoms with Crippen molar-refractivity contribution in [2.75, 3.05) is 11.9 Å². The molecule has 0 spiro atoms. The van der Waals surface area contributed by atoms with Gasteiger partial charge in [-0.3, -0.25) is 10.1 Å². The molecule has 0 fully saturated rings. The van der Waals surface area contributed by atoms with Crippen LogP contribution in [-0.2, 0) is 0 Å². The van der Waals surface area contributed by atoms with E-state index in [1.54, 1.807) is 6.92 Å². The molecule has 0 aliphatic heterocycles. The Morgan fingerprint density at radius 2 is 2.00 bits per heavy atom. The summed E-state index contributed by atoms with van der Waals surface area (Å²) in [5.74, 6) is 0. The molecule has 0 radical (unpaired) electrons. The quantitative estimate of drug-likeness (QED) is 0.643. The van der Waals surface area contributed by atoms with Gasteiger partial charge in [0.25, 0.3) is 5.69 Å². The van der Waals surface area contributed by atoms with E-state index in [9.17, 15) is 15.2 Å². The van der Waals surface area contributed by atoms with E-state index in [-0.39, 0.29) is 28.0 Å². The average molecular weight is 293 g/mol. The van der Waals surface area contributed by atoms with Gasteiger partial charge in [0.1, 0.15) is 5.69 Å². The molecule has 0 aliphatic rings. The molecule has 1 unspecified atom stereocenters. The summed E-state index contributed by atoms with van der Waals surface area (Å²) in [5, 5.41) is 23.9. The molecule has 2 N–H and O–H groups in total. The molecule has 5 nitrogen and oxygen atoms in total. The molecule has 0 amide bonds. The van der Waals surface area contributed by atoms with Gasteiger partial charge in [0, 0.05) is 12.6 Å². The van der Waals surface area contributed by atoms with Crippen molar-refractivity contribution < 1.29 is 10.0 Å². The lowest BCUT2D eigenvalue weighted by atomic mass is 10.0. The van der Waals surface area contributed by atoms with Crippen molar-refractivity contribution >= 4 is 34.6 Å². The van der Waals surface area contributed by atoms with Crippen molar-refractivity contribution in [2.45, 2.75) is 25.9 Å². The van der Waals surface area contributed by atoms with Gasteiger partial charge in [-0.25, -0.2) is 0 Å². The van der Waals surface area contributed by atoms with Gasteiger partial charge in [-0.2, -0.15) is 0 Å². The van der Waals surface area contributed by atoms with E-state index >= 15 is 0 Å². The number of rotatable bonds is 5. The molecule has 7 heteroatoms. The summed E-state index contributed by atoms with van der Waals surface area (Å²) in [6, 6.07) is 2.57. The van der Waals surface area contributed by atoms with Gasteiger partial charge >= 0.3 is 0 Å². The summed E-state index contributed by atoms with van der Waals surface area (Å²) in [5.41, 5.74) is -0.876. The summed E-state index contributed by atoms with van der Waals surface area (Å²) in [6.07, 6.45) is 0.523. The first-order chi connectivity index (χ1) is 8.26. The normalized spacial score (nSPS) is 14.1. The highest BCUT2D eigenvalue weighted by molar-refractivity contribution is 6.42. The van der Waals surface area contributed by atoms with Crippen molar-refractivity contribution in [3.63, 3.8) is 0 Å². The number of nitro benzene ring substituents is 1. The van der Waals surface area contributed by atoms with Crippen LogP contribution in [0.2, 0.25) is 10.0 Å². The molecule has 0 bridgehead atoms. The van der Waals surface area contributed by atoms with E-state index in [2.05, 4.69) is 5.32 Å². The van der Waals surface area contributed by atoms with Crippen LogP contribution in [0.1, 0.15) is 20.3 Å². The molecule has 0 aromatic heterocycles. The minimum absolute atomic E-state index is 0.121. The van der Waals surface area contributed by atoms with E-state index in [4.69, 9.17) is 23.2 Å². The van der Waals surface area contributed by atoms with Crippen LogP contribution in [0.3, 0.4) is 0 Å². The molecule has 1 rings (SSSR count). The topological polar surface area (TPSA) is 75.4 Å². The number of benzene rings is 1. The van der Waals surface area contributed by atoms with Gasteiger partial charge in [0.15, 0.2) is 0 Å². The second-order valence-corrected chi connectivity index (χ2v) is 5.06. The number of halogens is 2. The first kappa shape index (κ1) is 15.0. The number of aliphatic hydroxyl groups is 1. The predicted octanol–water partition coefficient (Wildman–Crippen LogP) is 3.47.